The first-order chi connectivity index (χ1) is 12.3. The quantitative estimate of drug-likeness (QED) is 0.365. The van der Waals surface area contributed by atoms with Crippen molar-refractivity contribution in [3.8, 4) is 0 Å². The number of hydrogen-bond donors (Lipinski definition) is 0. The Morgan fingerprint density at radius 2 is 1.63 bits per heavy atom. The summed E-state index contributed by atoms with van der Waals surface area (Å²) in [5.41, 5.74) is 2.40. The van der Waals surface area contributed by atoms with Crippen molar-refractivity contribution >= 4 is 25.5 Å². The molecule has 0 saturated carbocycles. The number of halogens is 1. The Bertz CT molecular complexity index is 659. The second kappa shape index (κ2) is 9.57. The van der Waals surface area contributed by atoms with E-state index in [1.807, 2.05) is 20.8 Å². The number of hydrogen-bond acceptors (Lipinski definition) is 2. The topological polar surface area (TPSA) is 38.7 Å². The highest BCUT2D eigenvalue weighted by atomic mass is 32.2. The van der Waals surface area contributed by atoms with Gasteiger partial charge in [0.25, 0.3) is 0 Å². The molecule has 0 aliphatic heterocycles. The van der Waals surface area contributed by atoms with Crippen LogP contribution in [0.25, 0.3) is 0 Å². The molecule has 0 N–H and O–H groups in total. The second-order valence-electron chi connectivity index (χ2n) is 9.01. The summed E-state index contributed by atoms with van der Waals surface area (Å²) in [6.45, 7) is 19.1. The molecule has 3 nitrogen and oxygen atoms in total. The van der Waals surface area contributed by atoms with Crippen LogP contribution in [0.2, 0.25) is 16.6 Å². The van der Waals surface area contributed by atoms with Crippen LogP contribution in [0.15, 0.2) is 22.6 Å². The molecule has 0 radical (unpaired) electrons. The Morgan fingerprint density at radius 1 is 1.11 bits per heavy atom. The molecule has 154 valence electrons. The largest absolute Gasteiger partial charge is 0.412 e. The van der Waals surface area contributed by atoms with Crippen LogP contribution in [-0.2, 0) is 22.0 Å². The molecule has 0 spiro atoms. The van der Waals surface area contributed by atoms with Gasteiger partial charge in [0.05, 0.1) is 11.4 Å². The van der Waals surface area contributed by atoms with Gasteiger partial charge in [-0.25, -0.2) is 8.60 Å². The summed E-state index contributed by atoms with van der Waals surface area (Å²) in [7, 11) is -3.48. The molecule has 1 rings (SSSR count). The van der Waals surface area contributed by atoms with Gasteiger partial charge in [-0.15, -0.1) is 0 Å². The van der Waals surface area contributed by atoms with Gasteiger partial charge in [0, 0.05) is 17.3 Å². The van der Waals surface area contributed by atoms with Crippen LogP contribution < -0.4 is 0 Å². The van der Waals surface area contributed by atoms with Gasteiger partial charge in [0.2, 0.25) is 8.32 Å². The molecule has 1 aromatic carbocycles. The highest BCUT2D eigenvalue weighted by molar-refractivity contribution is 7.85. The molecular formula is C21H36FNO2SSi. The van der Waals surface area contributed by atoms with E-state index in [4.69, 9.17) is 4.43 Å². The summed E-state index contributed by atoms with van der Waals surface area (Å²) in [4.78, 5) is 0. The Balaban J connectivity index is 3.21. The predicted molar refractivity (Wildman–Crippen MR) is 118 cm³/mol. The van der Waals surface area contributed by atoms with Crippen molar-refractivity contribution < 1.29 is 13.0 Å². The molecule has 0 heterocycles. The highest BCUT2D eigenvalue weighted by Gasteiger charge is 2.45. The first-order valence-electron chi connectivity index (χ1n) is 9.71. The number of rotatable bonds is 8. The van der Waals surface area contributed by atoms with Gasteiger partial charge < -0.3 is 4.43 Å². The maximum absolute atomic E-state index is 14.6. The molecule has 0 unspecified atom stereocenters. The zero-order valence-electron chi connectivity index (χ0n) is 18.3. The smallest absolute Gasteiger partial charge is 0.200 e. The predicted octanol–water partition coefficient (Wildman–Crippen LogP) is 6.40. The molecule has 0 fully saturated rings. The van der Waals surface area contributed by atoms with Crippen LogP contribution in [0.1, 0.15) is 73.4 Å². The molecule has 1 aromatic rings. The first kappa shape index (κ1) is 24.2. The normalized spacial score (nSPS) is 14.7. The summed E-state index contributed by atoms with van der Waals surface area (Å²) < 4.78 is 37.1. The van der Waals surface area contributed by atoms with Gasteiger partial charge in [0.1, 0.15) is 16.8 Å². The zero-order chi connectivity index (χ0) is 21.0. The zero-order valence-corrected chi connectivity index (χ0v) is 20.1. The van der Waals surface area contributed by atoms with Crippen LogP contribution in [0.5, 0.6) is 0 Å². The van der Waals surface area contributed by atoms with Crippen molar-refractivity contribution in [2.75, 3.05) is 0 Å². The minimum atomic E-state index is -2.10. The summed E-state index contributed by atoms with van der Waals surface area (Å²) >= 11 is 0. The van der Waals surface area contributed by atoms with Gasteiger partial charge in [-0.05, 0) is 43.5 Å². The summed E-state index contributed by atoms with van der Waals surface area (Å²) in [6.07, 6.45) is 1.52. The van der Waals surface area contributed by atoms with Crippen molar-refractivity contribution in [3.63, 3.8) is 0 Å². The lowest BCUT2D eigenvalue weighted by Gasteiger charge is -2.42. The van der Waals surface area contributed by atoms with E-state index >= 15 is 0 Å². The number of benzene rings is 1. The van der Waals surface area contributed by atoms with E-state index in [0.717, 1.165) is 0 Å². The molecule has 0 aliphatic rings. The summed E-state index contributed by atoms with van der Waals surface area (Å²) in [6, 6.07) is 4.90. The van der Waals surface area contributed by atoms with Crippen molar-refractivity contribution in [1.29, 1.82) is 0 Å². The molecular weight excluding hydrogens is 377 g/mol. The van der Waals surface area contributed by atoms with E-state index in [1.165, 1.54) is 12.3 Å². The molecule has 0 bridgehead atoms. The lowest BCUT2D eigenvalue weighted by molar-refractivity contribution is 0.261. The molecule has 6 heteroatoms. The second-order valence-corrected chi connectivity index (χ2v) is 16.4. The maximum Gasteiger partial charge on any atom is 0.200 e. The van der Waals surface area contributed by atoms with Gasteiger partial charge >= 0.3 is 0 Å². The van der Waals surface area contributed by atoms with E-state index in [2.05, 4.69) is 45.9 Å². The fourth-order valence-corrected chi connectivity index (χ4v) is 9.73. The lowest BCUT2D eigenvalue weighted by Crippen LogP contribution is -2.47. The van der Waals surface area contributed by atoms with Crippen LogP contribution in [0.4, 0.5) is 4.39 Å². The molecule has 0 aliphatic carbocycles. The lowest BCUT2D eigenvalue weighted by atomic mass is 10.1. The first-order valence-corrected chi connectivity index (χ1v) is 13.0. The third kappa shape index (κ3) is 5.81. The number of nitrogens with zero attached hydrogens (tertiary/aromatic N) is 1. The van der Waals surface area contributed by atoms with E-state index < -0.39 is 24.1 Å². The van der Waals surface area contributed by atoms with E-state index in [1.54, 1.807) is 12.1 Å². The highest BCUT2D eigenvalue weighted by Crippen LogP contribution is 2.42. The SMILES string of the molecule is CC(C)[Si](OCc1c(F)cccc1C=N[S@](=O)C(C)(C)C)(C(C)C)C(C)C. The van der Waals surface area contributed by atoms with E-state index in [-0.39, 0.29) is 12.4 Å². The average molecular weight is 414 g/mol. The Labute approximate surface area is 168 Å². The van der Waals surface area contributed by atoms with E-state index in [9.17, 15) is 8.60 Å². The van der Waals surface area contributed by atoms with Crippen molar-refractivity contribution in [2.45, 2.75) is 90.3 Å². The average Bonchev–Trinajstić information content (AvgIpc) is 2.52. The van der Waals surface area contributed by atoms with Crippen LogP contribution in [0, 0.1) is 5.82 Å². The molecule has 0 aromatic heterocycles. The Kier molecular flexibility index (Phi) is 8.57. The fourth-order valence-electron chi connectivity index (χ4n) is 3.81. The van der Waals surface area contributed by atoms with Crippen LogP contribution in [-0.4, -0.2) is 23.5 Å². The van der Waals surface area contributed by atoms with Gasteiger partial charge in [-0.2, -0.15) is 4.40 Å². The third-order valence-corrected chi connectivity index (χ3v) is 12.5. The Morgan fingerprint density at radius 3 is 2.07 bits per heavy atom. The van der Waals surface area contributed by atoms with Crippen molar-refractivity contribution in [2.24, 2.45) is 4.40 Å². The van der Waals surface area contributed by atoms with Crippen molar-refractivity contribution in [3.05, 3.63) is 35.1 Å². The minimum absolute atomic E-state index is 0.219. The monoisotopic (exact) mass is 413 g/mol. The fraction of sp³-hybridized carbons (Fsp3) is 0.667. The summed E-state index contributed by atoms with van der Waals surface area (Å²) in [5.74, 6) is -0.306. The van der Waals surface area contributed by atoms with Gasteiger partial charge in [-0.1, -0.05) is 53.7 Å². The maximum atomic E-state index is 14.6. The van der Waals surface area contributed by atoms with Gasteiger partial charge in [0.15, 0.2) is 0 Å². The van der Waals surface area contributed by atoms with E-state index in [0.29, 0.717) is 27.8 Å². The standard InChI is InChI=1S/C21H36FNO2SSi/c1-15(2)27(16(3)4,17(5)6)25-14-19-18(11-10-12-20(19)22)13-23-26(24)21(7,8)9/h10-13,15-17H,14H2,1-9H3/t26-/m1/s1. The molecule has 1 atom stereocenters. The summed E-state index contributed by atoms with van der Waals surface area (Å²) in [5, 5.41) is 0. The van der Waals surface area contributed by atoms with Gasteiger partial charge in [-0.3, -0.25) is 0 Å². The van der Waals surface area contributed by atoms with Crippen LogP contribution >= 0.6 is 0 Å². The van der Waals surface area contributed by atoms with Crippen molar-refractivity contribution in [1.82, 2.24) is 0 Å². The molecule has 0 amide bonds. The minimum Gasteiger partial charge on any atom is -0.412 e. The Hall–Kier alpha value is -0.853. The third-order valence-electron chi connectivity index (χ3n) is 5.14. The molecule has 0 saturated heterocycles. The van der Waals surface area contributed by atoms with Crippen LogP contribution in [0.3, 0.4) is 0 Å². The molecule has 27 heavy (non-hydrogen) atoms.